The van der Waals surface area contributed by atoms with Crippen LogP contribution >= 0.6 is 0 Å². The van der Waals surface area contributed by atoms with Gasteiger partial charge in [0.05, 0.1) is 0 Å². The third kappa shape index (κ3) is 2.59. The summed E-state index contributed by atoms with van der Waals surface area (Å²) < 4.78 is 26.9. The third-order valence-electron chi connectivity index (χ3n) is 3.55. The Balaban J connectivity index is 1.98. The molecule has 1 aliphatic rings. The minimum Gasteiger partial charge on any atom is -0.369 e. The first-order valence-corrected chi connectivity index (χ1v) is 6.80. The summed E-state index contributed by atoms with van der Waals surface area (Å²) in [6.45, 7) is 0.712. The summed E-state index contributed by atoms with van der Waals surface area (Å²) in [6, 6.07) is 11.8. The highest BCUT2D eigenvalue weighted by molar-refractivity contribution is 5.97. The van der Waals surface area contributed by atoms with Crippen LogP contribution in [0.1, 0.15) is 12.0 Å². The zero-order valence-electron chi connectivity index (χ0n) is 11.4. The van der Waals surface area contributed by atoms with E-state index in [1.165, 1.54) is 17.7 Å². The molecule has 3 nitrogen and oxygen atoms in total. The molecule has 0 bridgehead atoms. The zero-order valence-corrected chi connectivity index (χ0v) is 11.4. The average Bonchev–Trinajstić information content (AvgIpc) is 2.51. The van der Waals surface area contributed by atoms with Crippen molar-refractivity contribution < 1.29 is 8.78 Å². The number of nitrogens with two attached hydrogens (primary N) is 1. The maximum absolute atomic E-state index is 13.7. The second-order valence-electron chi connectivity index (χ2n) is 4.93. The van der Waals surface area contributed by atoms with Gasteiger partial charge in [0, 0.05) is 12.2 Å². The van der Waals surface area contributed by atoms with Gasteiger partial charge in [-0.15, -0.1) is 0 Å². The fraction of sp³-hybridized carbons (Fsp3) is 0.188. The van der Waals surface area contributed by atoms with E-state index in [9.17, 15) is 8.78 Å². The van der Waals surface area contributed by atoms with Crippen LogP contribution in [-0.4, -0.2) is 12.5 Å². The minimum absolute atomic E-state index is 0.0874. The SMILES string of the molecule is NC(=Nc1cccc(F)c1F)N1CCCc2ccccc21. The first kappa shape index (κ1) is 13.5. The van der Waals surface area contributed by atoms with Crippen LogP contribution in [-0.2, 0) is 6.42 Å². The predicted molar refractivity (Wildman–Crippen MR) is 79.7 cm³/mol. The second kappa shape index (κ2) is 5.52. The van der Waals surface area contributed by atoms with Gasteiger partial charge >= 0.3 is 0 Å². The summed E-state index contributed by atoms with van der Waals surface area (Å²) in [6.07, 6.45) is 1.92. The van der Waals surface area contributed by atoms with Crippen LogP contribution in [0.3, 0.4) is 0 Å². The number of para-hydroxylation sites is 1. The lowest BCUT2D eigenvalue weighted by Crippen LogP contribution is -2.40. The summed E-state index contributed by atoms with van der Waals surface area (Å²) in [5.74, 6) is -1.74. The largest absolute Gasteiger partial charge is 0.369 e. The molecule has 2 N–H and O–H groups in total. The van der Waals surface area contributed by atoms with E-state index in [0.717, 1.165) is 24.6 Å². The van der Waals surface area contributed by atoms with Gasteiger partial charge in [-0.2, -0.15) is 0 Å². The molecule has 0 saturated carbocycles. The molecule has 2 aromatic carbocycles. The van der Waals surface area contributed by atoms with Gasteiger partial charge in [-0.1, -0.05) is 24.3 Å². The molecule has 0 fully saturated rings. The highest BCUT2D eigenvalue weighted by atomic mass is 19.2. The van der Waals surface area contributed by atoms with Crippen molar-refractivity contribution in [3.63, 3.8) is 0 Å². The van der Waals surface area contributed by atoms with E-state index in [2.05, 4.69) is 4.99 Å². The van der Waals surface area contributed by atoms with Gasteiger partial charge in [0.2, 0.25) is 5.96 Å². The molecule has 0 spiro atoms. The maximum Gasteiger partial charge on any atom is 0.201 e. The van der Waals surface area contributed by atoms with Crippen LogP contribution in [0, 0.1) is 11.6 Å². The van der Waals surface area contributed by atoms with Gasteiger partial charge in [-0.25, -0.2) is 13.8 Å². The normalized spacial score (nSPS) is 15.0. The van der Waals surface area contributed by atoms with Crippen LogP contribution in [0.15, 0.2) is 47.5 Å². The number of halogens is 2. The Hall–Kier alpha value is -2.43. The van der Waals surface area contributed by atoms with E-state index in [-0.39, 0.29) is 11.6 Å². The summed E-state index contributed by atoms with van der Waals surface area (Å²) in [4.78, 5) is 5.88. The van der Waals surface area contributed by atoms with Gasteiger partial charge in [-0.05, 0) is 36.6 Å². The van der Waals surface area contributed by atoms with Gasteiger partial charge in [0.25, 0.3) is 0 Å². The number of hydrogen-bond acceptors (Lipinski definition) is 1. The number of rotatable bonds is 1. The molecule has 0 aliphatic carbocycles. The maximum atomic E-state index is 13.7. The van der Waals surface area contributed by atoms with Gasteiger partial charge in [-0.3, -0.25) is 0 Å². The molecular formula is C16H15F2N3. The number of fused-ring (bicyclic) bond motifs is 1. The molecule has 5 heteroatoms. The molecular weight excluding hydrogens is 272 g/mol. The molecule has 0 radical (unpaired) electrons. The molecule has 0 atom stereocenters. The van der Waals surface area contributed by atoms with Crippen LogP contribution in [0.5, 0.6) is 0 Å². The number of benzene rings is 2. The van der Waals surface area contributed by atoms with Crippen molar-refractivity contribution in [3.8, 4) is 0 Å². The standard InChI is InChI=1S/C16H15F2N3/c17-12-7-3-8-13(15(12)18)20-16(19)21-10-4-6-11-5-1-2-9-14(11)21/h1-3,5,7-9H,4,6,10H2,(H2,19,20). The Morgan fingerprint density at radius 3 is 2.76 bits per heavy atom. The number of nitrogens with zero attached hydrogens (tertiary/aromatic N) is 2. The first-order chi connectivity index (χ1) is 10.2. The van der Waals surface area contributed by atoms with Gasteiger partial charge in [0.1, 0.15) is 5.69 Å². The smallest absolute Gasteiger partial charge is 0.201 e. The van der Waals surface area contributed by atoms with Crippen molar-refractivity contribution in [3.05, 3.63) is 59.7 Å². The Morgan fingerprint density at radius 1 is 1.10 bits per heavy atom. The van der Waals surface area contributed by atoms with E-state index in [1.54, 1.807) is 0 Å². The lowest BCUT2D eigenvalue weighted by Gasteiger charge is -2.30. The fourth-order valence-corrected chi connectivity index (χ4v) is 2.53. The van der Waals surface area contributed by atoms with Crippen molar-refractivity contribution in [1.82, 2.24) is 0 Å². The second-order valence-corrected chi connectivity index (χ2v) is 4.93. The van der Waals surface area contributed by atoms with E-state index >= 15 is 0 Å². The molecule has 2 aromatic rings. The average molecular weight is 287 g/mol. The third-order valence-corrected chi connectivity index (χ3v) is 3.55. The minimum atomic E-state index is -0.981. The molecule has 0 amide bonds. The van der Waals surface area contributed by atoms with Gasteiger partial charge < -0.3 is 10.6 Å². The van der Waals surface area contributed by atoms with Gasteiger partial charge in [0.15, 0.2) is 11.6 Å². The monoisotopic (exact) mass is 287 g/mol. The van der Waals surface area contributed by atoms with E-state index in [4.69, 9.17) is 5.73 Å². The molecule has 21 heavy (non-hydrogen) atoms. The molecule has 0 saturated heterocycles. The number of aliphatic imine (C=N–C) groups is 1. The Bertz CT molecular complexity index is 698. The first-order valence-electron chi connectivity index (χ1n) is 6.80. The van der Waals surface area contributed by atoms with Crippen molar-refractivity contribution in [2.75, 3.05) is 11.4 Å². The lowest BCUT2D eigenvalue weighted by atomic mass is 10.0. The summed E-state index contributed by atoms with van der Waals surface area (Å²) >= 11 is 0. The van der Waals surface area contributed by atoms with E-state index < -0.39 is 11.6 Å². The molecule has 1 aliphatic heterocycles. The van der Waals surface area contributed by atoms with Crippen molar-refractivity contribution in [2.24, 2.45) is 10.7 Å². The molecule has 108 valence electrons. The number of aryl methyl sites for hydroxylation is 1. The Labute approximate surface area is 121 Å². The van der Waals surface area contributed by atoms with Crippen LogP contribution in [0.4, 0.5) is 20.2 Å². The Morgan fingerprint density at radius 2 is 1.90 bits per heavy atom. The van der Waals surface area contributed by atoms with E-state index in [0.29, 0.717) is 6.54 Å². The van der Waals surface area contributed by atoms with Crippen LogP contribution in [0.2, 0.25) is 0 Å². The molecule has 3 rings (SSSR count). The molecule has 0 unspecified atom stereocenters. The Kier molecular flexibility index (Phi) is 3.56. The number of guanidine groups is 1. The number of hydrogen-bond donors (Lipinski definition) is 1. The topological polar surface area (TPSA) is 41.6 Å². The quantitative estimate of drug-likeness (QED) is 0.645. The summed E-state index contributed by atoms with van der Waals surface area (Å²) in [5, 5.41) is 0. The van der Waals surface area contributed by atoms with E-state index in [1.807, 2.05) is 29.2 Å². The van der Waals surface area contributed by atoms with Crippen molar-refractivity contribution in [1.29, 1.82) is 0 Å². The van der Waals surface area contributed by atoms with Crippen LogP contribution < -0.4 is 10.6 Å². The highest BCUT2D eigenvalue weighted by Gasteiger charge is 2.19. The van der Waals surface area contributed by atoms with Crippen molar-refractivity contribution in [2.45, 2.75) is 12.8 Å². The molecule has 0 aromatic heterocycles. The predicted octanol–water partition coefficient (Wildman–Crippen LogP) is 3.36. The van der Waals surface area contributed by atoms with Crippen molar-refractivity contribution >= 4 is 17.3 Å². The molecule has 1 heterocycles. The summed E-state index contributed by atoms with van der Waals surface area (Å²) in [5.41, 5.74) is 8.07. The summed E-state index contributed by atoms with van der Waals surface area (Å²) in [7, 11) is 0. The number of anilines is 1. The fourth-order valence-electron chi connectivity index (χ4n) is 2.53. The lowest BCUT2D eigenvalue weighted by molar-refractivity contribution is 0.510. The highest BCUT2D eigenvalue weighted by Crippen LogP contribution is 2.27. The van der Waals surface area contributed by atoms with Crippen LogP contribution in [0.25, 0.3) is 0 Å². The zero-order chi connectivity index (χ0) is 14.8.